The summed E-state index contributed by atoms with van der Waals surface area (Å²) in [5, 5.41) is 1.07. The number of esters is 1. The van der Waals surface area contributed by atoms with Gasteiger partial charge in [0.25, 0.3) is 0 Å². The van der Waals surface area contributed by atoms with Gasteiger partial charge in [-0.1, -0.05) is 24.6 Å². The Morgan fingerprint density at radius 2 is 2.11 bits per heavy atom. The molecular formula is C15H15NO2. The molecule has 3 heteroatoms. The zero-order valence-corrected chi connectivity index (χ0v) is 10.3. The Labute approximate surface area is 106 Å². The second-order valence-electron chi connectivity index (χ2n) is 4.84. The number of hydrogen-bond donors (Lipinski definition) is 0. The van der Waals surface area contributed by atoms with E-state index in [1.807, 2.05) is 30.5 Å². The van der Waals surface area contributed by atoms with Gasteiger partial charge in [-0.05, 0) is 30.5 Å². The van der Waals surface area contributed by atoms with Crippen LogP contribution in [-0.2, 0) is 14.9 Å². The van der Waals surface area contributed by atoms with Gasteiger partial charge < -0.3 is 4.74 Å². The van der Waals surface area contributed by atoms with Crippen molar-refractivity contribution >= 4 is 16.9 Å². The molecule has 0 aliphatic heterocycles. The second-order valence-corrected chi connectivity index (χ2v) is 4.84. The Morgan fingerprint density at radius 3 is 2.78 bits per heavy atom. The number of pyridine rings is 1. The Balaban J connectivity index is 2.10. The Bertz CT molecular complexity index is 602. The van der Waals surface area contributed by atoms with Gasteiger partial charge in [0.1, 0.15) is 0 Å². The van der Waals surface area contributed by atoms with E-state index in [1.54, 1.807) is 0 Å². The summed E-state index contributed by atoms with van der Waals surface area (Å²) in [5.41, 5.74) is 1.49. The van der Waals surface area contributed by atoms with E-state index in [9.17, 15) is 4.79 Å². The molecule has 92 valence electrons. The van der Waals surface area contributed by atoms with Crippen LogP contribution in [0.4, 0.5) is 0 Å². The summed E-state index contributed by atoms with van der Waals surface area (Å²) in [4.78, 5) is 16.4. The number of benzene rings is 1. The van der Waals surface area contributed by atoms with Crippen molar-refractivity contribution in [3.63, 3.8) is 0 Å². The molecule has 0 atom stereocenters. The molecular weight excluding hydrogens is 226 g/mol. The van der Waals surface area contributed by atoms with Gasteiger partial charge in [-0.25, -0.2) is 0 Å². The number of carbonyl (C=O) groups excluding carboxylic acids is 1. The average molecular weight is 241 g/mol. The highest BCUT2D eigenvalue weighted by atomic mass is 16.5. The van der Waals surface area contributed by atoms with E-state index < -0.39 is 5.41 Å². The molecule has 18 heavy (non-hydrogen) atoms. The van der Waals surface area contributed by atoms with E-state index in [1.165, 1.54) is 7.11 Å². The Kier molecular flexibility index (Phi) is 2.54. The Hall–Kier alpha value is -1.90. The van der Waals surface area contributed by atoms with Gasteiger partial charge in [-0.3, -0.25) is 9.78 Å². The summed E-state index contributed by atoms with van der Waals surface area (Å²) < 4.78 is 4.96. The molecule has 1 aliphatic rings. The topological polar surface area (TPSA) is 39.2 Å². The first-order chi connectivity index (χ1) is 8.76. The van der Waals surface area contributed by atoms with Crippen LogP contribution < -0.4 is 0 Å². The van der Waals surface area contributed by atoms with Crippen molar-refractivity contribution in [2.24, 2.45) is 0 Å². The molecule has 1 fully saturated rings. The maximum atomic E-state index is 12.0. The average Bonchev–Trinajstić information content (AvgIpc) is 2.37. The number of carbonyl (C=O) groups is 1. The number of para-hydroxylation sites is 1. The van der Waals surface area contributed by atoms with Crippen LogP contribution in [0.2, 0.25) is 0 Å². The predicted molar refractivity (Wildman–Crippen MR) is 69.3 cm³/mol. The molecule has 1 aromatic heterocycles. The lowest BCUT2D eigenvalue weighted by atomic mass is 9.64. The molecule has 1 aliphatic carbocycles. The quantitative estimate of drug-likeness (QED) is 0.759. The number of nitrogens with zero attached hydrogens (tertiary/aromatic N) is 1. The third-order valence-corrected chi connectivity index (χ3v) is 3.93. The molecule has 0 saturated heterocycles. The first-order valence-electron chi connectivity index (χ1n) is 6.20. The third kappa shape index (κ3) is 1.50. The molecule has 0 N–H and O–H groups in total. The monoisotopic (exact) mass is 241 g/mol. The van der Waals surface area contributed by atoms with E-state index >= 15 is 0 Å². The second kappa shape index (κ2) is 4.09. The van der Waals surface area contributed by atoms with Crippen LogP contribution >= 0.6 is 0 Å². The van der Waals surface area contributed by atoms with Gasteiger partial charge in [-0.2, -0.15) is 0 Å². The van der Waals surface area contributed by atoms with Gasteiger partial charge in [0.05, 0.1) is 18.0 Å². The van der Waals surface area contributed by atoms with Gasteiger partial charge in [0.15, 0.2) is 0 Å². The molecule has 0 amide bonds. The summed E-state index contributed by atoms with van der Waals surface area (Å²) in [6.45, 7) is 0. The van der Waals surface area contributed by atoms with Gasteiger partial charge in [0, 0.05) is 11.6 Å². The SMILES string of the molecule is COC(=O)C1(c2cnc3ccccc3c2)CCC1. The van der Waals surface area contributed by atoms with Crippen LogP contribution in [0.3, 0.4) is 0 Å². The van der Waals surface area contributed by atoms with Crippen molar-refractivity contribution in [2.75, 3.05) is 7.11 Å². The van der Waals surface area contributed by atoms with Crippen LogP contribution in [0, 0.1) is 0 Å². The minimum absolute atomic E-state index is 0.133. The van der Waals surface area contributed by atoms with Gasteiger partial charge >= 0.3 is 5.97 Å². The number of ether oxygens (including phenoxy) is 1. The molecule has 2 aromatic rings. The van der Waals surface area contributed by atoms with E-state index in [0.29, 0.717) is 0 Å². The van der Waals surface area contributed by atoms with Crippen LogP contribution in [0.5, 0.6) is 0 Å². The molecule has 3 nitrogen and oxygen atoms in total. The van der Waals surface area contributed by atoms with Crippen LogP contribution in [-0.4, -0.2) is 18.1 Å². The number of methoxy groups -OCH3 is 1. The maximum absolute atomic E-state index is 12.0. The fourth-order valence-corrected chi connectivity index (χ4v) is 2.67. The fraction of sp³-hybridized carbons (Fsp3) is 0.333. The molecule has 0 radical (unpaired) electrons. The summed E-state index contributed by atoms with van der Waals surface area (Å²) in [5.74, 6) is -0.133. The zero-order chi connectivity index (χ0) is 12.6. The predicted octanol–water partition coefficient (Wildman–Crippen LogP) is 2.83. The van der Waals surface area contributed by atoms with Crippen LogP contribution in [0.15, 0.2) is 36.5 Å². The highest BCUT2D eigenvalue weighted by molar-refractivity contribution is 5.87. The van der Waals surface area contributed by atoms with Gasteiger partial charge in [-0.15, -0.1) is 0 Å². The summed E-state index contributed by atoms with van der Waals surface area (Å²) in [6, 6.07) is 10.0. The minimum Gasteiger partial charge on any atom is -0.468 e. The molecule has 1 aromatic carbocycles. The molecule has 0 bridgehead atoms. The number of aromatic nitrogens is 1. The lowest BCUT2D eigenvalue weighted by molar-refractivity contribution is -0.151. The first-order valence-corrected chi connectivity index (χ1v) is 6.20. The van der Waals surface area contributed by atoms with Crippen molar-refractivity contribution in [2.45, 2.75) is 24.7 Å². The zero-order valence-electron chi connectivity index (χ0n) is 10.3. The summed E-state index contributed by atoms with van der Waals surface area (Å²) in [7, 11) is 1.46. The summed E-state index contributed by atoms with van der Waals surface area (Å²) >= 11 is 0. The van der Waals surface area contributed by atoms with E-state index in [0.717, 1.165) is 35.7 Å². The molecule has 0 spiro atoms. The van der Waals surface area contributed by atoms with Crippen LogP contribution in [0.25, 0.3) is 10.9 Å². The maximum Gasteiger partial charge on any atom is 0.316 e. The third-order valence-electron chi connectivity index (χ3n) is 3.93. The van der Waals surface area contributed by atoms with Crippen molar-refractivity contribution in [1.82, 2.24) is 4.98 Å². The van der Waals surface area contributed by atoms with Crippen LogP contribution in [0.1, 0.15) is 24.8 Å². The standard InChI is InChI=1S/C15H15NO2/c1-18-14(17)15(7-4-8-15)12-9-11-5-2-3-6-13(11)16-10-12/h2-3,5-6,9-10H,4,7-8H2,1H3. The van der Waals surface area contributed by atoms with Crippen molar-refractivity contribution in [3.8, 4) is 0 Å². The largest absolute Gasteiger partial charge is 0.468 e. The number of rotatable bonds is 2. The number of hydrogen-bond acceptors (Lipinski definition) is 3. The van der Waals surface area contributed by atoms with Crippen molar-refractivity contribution in [3.05, 3.63) is 42.1 Å². The lowest BCUT2D eigenvalue weighted by Gasteiger charge is -2.39. The normalized spacial score (nSPS) is 17.2. The molecule has 1 saturated carbocycles. The fourth-order valence-electron chi connectivity index (χ4n) is 2.67. The van der Waals surface area contributed by atoms with Crippen molar-refractivity contribution in [1.29, 1.82) is 0 Å². The minimum atomic E-state index is -0.453. The molecule has 0 unspecified atom stereocenters. The first kappa shape index (κ1) is 11.2. The Morgan fingerprint density at radius 1 is 1.33 bits per heavy atom. The lowest BCUT2D eigenvalue weighted by Crippen LogP contribution is -2.43. The van der Waals surface area contributed by atoms with Gasteiger partial charge in [0.2, 0.25) is 0 Å². The summed E-state index contributed by atoms with van der Waals surface area (Å²) in [6.07, 6.45) is 4.61. The molecule has 1 heterocycles. The van der Waals surface area contributed by atoms with E-state index in [4.69, 9.17) is 4.74 Å². The highest BCUT2D eigenvalue weighted by Gasteiger charge is 2.47. The number of fused-ring (bicyclic) bond motifs is 1. The molecule has 3 rings (SSSR count). The van der Waals surface area contributed by atoms with E-state index in [-0.39, 0.29) is 5.97 Å². The van der Waals surface area contributed by atoms with Crippen molar-refractivity contribution < 1.29 is 9.53 Å². The van der Waals surface area contributed by atoms with E-state index in [2.05, 4.69) is 11.1 Å². The smallest absolute Gasteiger partial charge is 0.316 e. The highest BCUT2D eigenvalue weighted by Crippen LogP contribution is 2.44.